The number of esters is 2. The molecule has 0 radical (unpaired) electrons. The standard InChI is InChI=1S/C11H22N2O4/c1-3-16-10(14)8(6-5-7-12)9(13)11(15)17-4-2/h8-9H,3-7,12-13H2,1-2H3. The SMILES string of the molecule is CCOC(=O)C(N)C(CCCN)C(=O)OCC. The molecule has 0 amide bonds. The van der Waals surface area contributed by atoms with E-state index < -0.39 is 23.9 Å². The molecule has 0 aliphatic rings. The molecule has 0 aromatic heterocycles. The van der Waals surface area contributed by atoms with Gasteiger partial charge < -0.3 is 20.9 Å². The highest BCUT2D eigenvalue weighted by atomic mass is 16.5. The minimum atomic E-state index is -0.986. The lowest BCUT2D eigenvalue weighted by molar-refractivity contribution is -0.156. The van der Waals surface area contributed by atoms with Crippen LogP contribution < -0.4 is 11.5 Å². The lowest BCUT2D eigenvalue weighted by Gasteiger charge is -2.20. The van der Waals surface area contributed by atoms with Crippen molar-refractivity contribution in [2.24, 2.45) is 17.4 Å². The van der Waals surface area contributed by atoms with Crippen molar-refractivity contribution in [3.05, 3.63) is 0 Å². The summed E-state index contributed by atoms with van der Waals surface area (Å²) in [4.78, 5) is 23.1. The maximum atomic E-state index is 11.6. The first-order valence-electron chi connectivity index (χ1n) is 5.87. The second kappa shape index (κ2) is 8.95. The lowest BCUT2D eigenvalue weighted by atomic mass is 9.95. The van der Waals surface area contributed by atoms with Gasteiger partial charge in [0.1, 0.15) is 6.04 Å². The van der Waals surface area contributed by atoms with Gasteiger partial charge >= 0.3 is 11.9 Å². The molecule has 0 fully saturated rings. The fourth-order valence-electron chi connectivity index (χ4n) is 1.43. The molecule has 0 aliphatic heterocycles. The molecule has 0 aliphatic carbocycles. The number of carbonyl (C=O) groups is 2. The van der Waals surface area contributed by atoms with E-state index in [0.29, 0.717) is 19.4 Å². The number of nitrogens with two attached hydrogens (primary N) is 2. The van der Waals surface area contributed by atoms with E-state index in [0.717, 1.165) is 0 Å². The Labute approximate surface area is 102 Å². The van der Waals surface area contributed by atoms with Gasteiger partial charge in [0.05, 0.1) is 19.1 Å². The number of carbonyl (C=O) groups excluding carboxylic acids is 2. The van der Waals surface area contributed by atoms with Crippen LogP contribution in [0.3, 0.4) is 0 Å². The van der Waals surface area contributed by atoms with Gasteiger partial charge in [-0.15, -0.1) is 0 Å². The molecule has 0 rings (SSSR count). The van der Waals surface area contributed by atoms with Gasteiger partial charge in [-0.25, -0.2) is 0 Å². The van der Waals surface area contributed by atoms with Gasteiger partial charge in [0.15, 0.2) is 0 Å². The number of rotatable bonds is 8. The van der Waals surface area contributed by atoms with Crippen LogP contribution in [0.2, 0.25) is 0 Å². The second-order valence-corrected chi connectivity index (χ2v) is 3.57. The van der Waals surface area contributed by atoms with Crippen molar-refractivity contribution in [1.29, 1.82) is 0 Å². The van der Waals surface area contributed by atoms with E-state index >= 15 is 0 Å². The molecular weight excluding hydrogens is 224 g/mol. The van der Waals surface area contributed by atoms with Crippen molar-refractivity contribution in [1.82, 2.24) is 0 Å². The fourth-order valence-corrected chi connectivity index (χ4v) is 1.43. The van der Waals surface area contributed by atoms with Crippen LogP contribution in [0.4, 0.5) is 0 Å². The first-order chi connectivity index (χ1) is 8.08. The number of hydrogen-bond donors (Lipinski definition) is 2. The Morgan fingerprint density at radius 1 is 1.12 bits per heavy atom. The zero-order valence-corrected chi connectivity index (χ0v) is 10.5. The van der Waals surface area contributed by atoms with Crippen LogP contribution in [0.15, 0.2) is 0 Å². The predicted octanol–water partition coefficient (Wildman–Crippen LogP) is -0.205. The molecule has 0 saturated carbocycles. The van der Waals surface area contributed by atoms with Gasteiger partial charge in [0, 0.05) is 0 Å². The van der Waals surface area contributed by atoms with Gasteiger partial charge in [0.2, 0.25) is 0 Å². The molecule has 0 spiro atoms. The number of ether oxygens (including phenoxy) is 2. The van der Waals surface area contributed by atoms with E-state index in [9.17, 15) is 9.59 Å². The summed E-state index contributed by atoms with van der Waals surface area (Å²) in [5, 5.41) is 0. The van der Waals surface area contributed by atoms with Crippen molar-refractivity contribution >= 4 is 11.9 Å². The summed E-state index contributed by atoms with van der Waals surface area (Å²) in [5.74, 6) is -1.73. The third-order valence-electron chi connectivity index (χ3n) is 2.30. The summed E-state index contributed by atoms with van der Waals surface area (Å²) in [6.45, 7) is 4.32. The molecule has 17 heavy (non-hydrogen) atoms. The zero-order valence-electron chi connectivity index (χ0n) is 10.5. The topological polar surface area (TPSA) is 105 Å². The Morgan fingerprint density at radius 2 is 1.65 bits per heavy atom. The van der Waals surface area contributed by atoms with Crippen molar-refractivity contribution in [3.8, 4) is 0 Å². The Balaban J connectivity index is 4.53. The smallest absolute Gasteiger partial charge is 0.323 e. The minimum Gasteiger partial charge on any atom is -0.466 e. The molecule has 100 valence electrons. The van der Waals surface area contributed by atoms with Gasteiger partial charge in [-0.2, -0.15) is 0 Å². The predicted molar refractivity (Wildman–Crippen MR) is 63.0 cm³/mol. The van der Waals surface area contributed by atoms with Crippen LogP contribution in [0.25, 0.3) is 0 Å². The van der Waals surface area contributed by atoms with Gasteiger partial charge in [-0.05, 0) is 33.2 Å². The van der Waals surface area contributed by atoms with E-state index in [4.69, 9.17) is 20.9 Å². The summed E-state index contributed by atoms with van der Waals surface area (Å²) in [6, 6.07) is -0.986. The Kier molecular flexibility index (Phi) is 8.35. The summed E-state index contributed by atoms with van der Waals surface area (Å²) >= 11 is 0. The van der Waals surface area contributed by atoms with Gasteiger partial charge in [0.25, 0.3) is 0 Å². The summed E-state index contributed by atoms with van der Waals surface area (Å²) in [7, 11) is 0. The highest BCUT2D eigenvalue weighted by molar-refractivity contribution is 5.84. The van der Waals surface area contributed by atoms with Crippen LogP contribution in [-0.4, -0.2) is 37.7 Å². The van der Waals surface area contributed by atoms with Crippen LogP contribution in [0, 0.1) is 5.92 Å². The van der Waals surface area contributed by atoms with Crippen LogP contribution >= 0.6 is 0 Å². The molecular formula is C11H22N2O4. The monoisotopic (exact) mass is 246 g/mol. The molecule has 6 nitrogen and oxygen atoms in total. The van der Waals surface area contributed by atoms with Crippen LogP contribution in [0.1, 0.15) is 26.7 Å². The molecule has 2 unspecified atom stereocenters. The summed E-state index contributed by atoms with van der Waals surface area (Å²) in [5.41, 5.74) is 11.1. The molecule has 0 heterocycles. The Hall–Kier alpha value is -1.14. The Morgan fingerprint density at radius 3 is 2.12 bits per heavy atom. The largest absolute Gasteiger partial charge is 0.466 e. The maximum Gasteiger partial charge on any atom is 0.323 e. The molecule has 0 bridgehead atoms. The third-order valence-corrected chi connectivity index (χ3v) is 2.30. The fraction of sp³-hybridized carbons (Fsp3) is 0.818. The molecule has 4 N–H and O–H groups in total. The summed E-state index contributed by atoms with van der Waals surface area (Å²) < 4.78 is 9.67. The van der Waals surface area contributed by atoms with Crippen LogP contribution in [0.5, 0.6) is 0 Å². The van der Waals surface area contributed by atoms with E-state index in [-0.39, 0.29) is 13.2 Å². The van der Waals surface area contributed by atoms with Crippen molar-refractivity contribution < 1.29 is 19.1 Å². The van der Waals surface area contributed by atoms with E-state index in [1.54, 1.807) is 13.8 Å². The number of hydrogen-bond acceptors (Lipinski definition) is 6. The third kappa shape index (κ3) is 5.65. The van der Waals surface area contributed by atoms with Crippen molar-refractivity contribution in [3.63, 3.8) is 0 Å². The molecule has 0 aromatic carbocycles. The van der Waals surface area contributed by atoms with Gasteiger partial charge in [-0.3, -0.25) is 9.59 Å². The van der Waals surface area contributed by atoms with Gasteiger partial charge in [-0.1, -0.05) is 0 Å². The quantitative estimate of drug-likeness (QED) is 0.574. The molecule has 0 aromatic rings. The Bertz CT molecular complexity index is 246. The first-order valence-corrected chi connectivity index (χ1v) is 5.87. The highest BCUT2D eigenvalue weighted by Crippen LogP contribution is 2.13. The zero-order chi connectivity index (χ0) is 13.3. The first kappa shape index (κ1) is 15.9. The normalized spacial score (nSPS) is 13.9. The minimum absolute atomic E-state index is 0.235. The average molecular weight is 246 g/mol. The van der Waals surface area contributed by atoms with E-state index in [1.807, 2.05) is 0 Å². The van der Waals surface area contributed by atoms with Crippen LogP contribution in [-0.2, 0) is 19.1 Å². The van der Waals surface area contributed by atoms with E-state index in [1.165, 1.54) is 0 Å². The lowest BCUT2D eigenvalue weighted by Crippen LogP contribution is -2.44. The maximum absolute atomic E-state index is 11.6. The average Bonchev–Trinajstić information content (AvgIpc) is 2.30. The second-order valence-electron chi connectivity index (χ2n) is 3.57. The highest BCUT2D eigenvalue weighted by Gasteiger charge is 2.32. The van der Waals surface area contributed by atoms with E-state index in [2.05, 4.69) is 0 Å². The van der Waals surface area contributed by atoms with Crippen molar-refractivity contribution in [2.45, 2.75) is 32.7 Å². The van der Waals surface area contributed by atoms with Crippen molar-refractivity contribution in [2.75, 3.05) is 19.8 Å². The molecule has 0 saturated heterocycles. The molecule has 2 atom stereocenters. The summed E-state index contributed by atoms with van der Waals surface area (Å²) in [6.07, 6.45) is 1.03. The molecule has 6 heteroatoms.